The normalized spacial score (nSPS) is 11.0. The van der Waals surface area contributed by atoms with E-state index in [9.17, 15) is 28.6 Å². The van der Waals surface area contributed by atoms with E-state index in [-0.39, 0.29) is 28.6 Å². The van der Waals surface area contributed by atoms with E-state index in [1.54, 1.807) is 37.3 Å². The molecular formula is C20H17N3O7S. The maximum atomic E-state index is 13.1. The van der Waals surface area contributed by atoms with Crippen LogP contribution in [0.15, 0.2) is 77.7 Å². The summed E-state index contributed by atoms with van der Waals surface area (Å²) in [6.45, 7) is 1.75. The maximum absolute atomic E-state index is 13.1. The monoisotopic (exact) mass is 443 g/mol. The molecule has 0 aliphatic rings. The Morgan fingerprint density at radius 2 is 1.42 bits per heavy atom. The first-order valence-electron chi connectivity index (χ1n) is 9.03. The molecule has 3 aromatic rings. The number of hydrogen-bond acceptors (Lipinski definition) is 7. The lowest BCUT2D eigenvalue weighted by atomic mass is 10.2. The third kappa shape index (κ3) is 4.46. The van der Waals surface area contributed by atoms with Crippen molar-refractivity contribution in [2.24, 2.45) is 0 Å². The van der Waals surface area contributed by atoms with Crippen LogP contribution in [-0.2, 0) is 10.0 Å². The summed E-state index contributed by atoms with van der Waals surface area (Å²) in [5.41, 5.74) is -0.606. The number of rotatable bonds is 8. The molecule has 10 nitrogen and oxygen atoms in total. The molecule has 0 aliphatic carbocycles. The molecule has 0 fully saturated rings. The van der Waals surface area contributed by atoms with Gasteiger partial charge < -0.3 is 4.74 Å². The zero-order valence-corrected chi connectivity index (χ0v) is 17.1. The van der Waals surface area contributed by atoms with E-state index in [4.69, 9.17) is 4.74 Å². The Labute approximate surface area is 177 Å². The molecule has 0 aliphatic heterocycles. The summed E-state index contributed by atoms with van der Waals surface area (Å²) >= 11 is 0. The molecule has 0 spiro atoms. The number of ether oxygens (including phenoxy) is 1. The van der Waals surface area contributed by atoms with Gasteiger partial charge in [-0.3, -0.25) is 24.5 Å². The molecule has 3 rings (SSSR count). The topological polar surface area (TPSA) is 133 Å². The highest BCUT2D eigenvalue weighted by molar-refractivity contribution is 7.92. The summed E-state index contributed by atoms with van der Waals surface area (Å²) in [5.74, 6) is -0.522. The fraction of sp³-hybridized carbons (Fsp3) is 0.100. The van der Waals surface area contributed by atoms with E-state index >= 15 is 0 Å². The Balaban J connectivity index is 2.05. The molecule has 0 unspecified atom stereocenters. The first kappa shape index (κ1) is 21.7. The standard InChI is InChI=1S/C20H17N3O7S/c1-2-21(15-8-4-3-5-9-15)31(28,29)16-12-13-20(18(14-16)23(26)27)30-19-11-7-6-10-17(19)22(24)25/h3-14H,2H2,1H3. The van der Waals surface area contributed by atoms with Gasteiger partial charge in [-0.05, 0) is 37.3 Å². The minimum absolute atomic E-state index is 0.106. The number of nitro benzene ring substituents is 2. The van der Waals surface area contributed by atoms with Gasteiger partial charge in [-0.15, -0.1) is 0 Å². The van der Waals surface area contributed by atoms with Gasteiger partial charge in [-0.2, -0.15) is 0 Å². The predicted molar refractivity (Wildman–Crippen MR) is 113 cm³/mol. The van der Waals surface area contributed by atoms with Crippen molar-refractivity contribution in [3.63, 3.8) is 0 Å². The minimum atomic E-state index is -4.11. The average molecular weight is 443 g/mol. The van der Waals surface area contributed by atoms with Crippen molar-refractivity contribution in [1.29, 1.82) is 0 Å². The predicted octanol–water partition coefficient (Wildman–Crippen LogP) is 4.51. The Morgan fingerprint density at radius 1 is 0.839 bits per heavy atom. The molecule has 160 valence electrons. The molecule has 0 atom stereocenters. The lowest BCUT2D eigenvalue weighted by molar-refractivity contribution is -0.387. The van der Waals surface area contributed by atoms with E-state index < -0.39 is 25.6 Å². The van der Waals surface area contributed by atoms with Gasteiger partial charge in [0.2, 0.25) is 11.5 Å². The Kier molecular flexibility index (Phi) is 6.16. The second-order valence-electron chi connectivity index (χ2n) is 6.22. The fourth-order valence-corrected chi connectivity index (χ4v) is 4.41. The van der Waals surface area contributed by atoms with Gasteiger partial charge in [0.05, 0.1) is 20.4 Å². The van der Waals surface area contributed by atoms with Crippen molar-refractivity contribution < 1.29 is 23.0 Å². The zero-order valence-electron chi connectivity index (χ0n) is 16.2. The van der Waals surface area contributed by atoms with Gasteiger partial charge in [-0.1, -0.05) is 30.3 Å². The van der Waals surface area contributed by atoms with Crippen molar-refractivity contribution in [2.75, 3.05) is 10.8 Å². The van der Waals surface area contributed by atoms with Crippen LogP contribution >= 0.6 is 0 Å². The number of hydrogen-bond donors (Lipinski definition) is 0. The largest absolute Gasteiger partial charge is 0.443 e. The molecule has 0 bridgehead atoms. The first-order valence-corrected chi connectivity index (χ1v) is 10.5. The Morgan fingerprint density at radius 3 is 2.03 bits per heavy atom. The fourth-order valence-electron chi connectivity index (χ4n) is 2.91. The van der Waals surface area contributed by atoms with Crippen molar-refractivity contribution in [2.45, 2.75) is 11.8 Å². The molecule has 31 heavy (non-hydrogen) atoms. The molecule has 0 saturated heterocycles. The van der Waals surface area contributed by atoms with Gasteiger partial charge in [0.1, 0.15) is 0 Å². The highest BCUT2D eigenvalue weighted by atomic mass is 32.2. The summed E-state index contributed by atoms with van der Waals surface area (Å²) in [5, 5.41) is 22.8. The molecule has 3 aromatic carbocycles. The molecule has 11 heteroatoms. The lowest BCUT2D eigenvalue weighted by Gasteiger charge is -2.23. The van der Waals surface area contributed by atoms with Crippen molar-refractivity contribution in [1.82, 2.24) is 0 Å². The molecule has 0 heterocycles. The number of sulfonamides is 1. The maximum Gasteiger partial charge on any atom is 0.312 e. The molecule has 0 N–H and O–H groups in total. The lowest BCUT2D eigenvalue weighted by Crippen LogP contribution is -2.30. The van der Waals surface area contributed by atoms with Gasteiger partial charge in [-0.25, -0.2) is 8.42 Å². The van der Waals surface area contributed by atoms with Crippen molar-refractivity contribution in [3.8, 4) is 11.5 Å². The molecule has 0 radical (unpaired) electrons. The van der Waals surface area contributed by atoms with Crippen LogP contribution in [0.25, 0.3) is 0 Å². The quantitative estimate of drug-likeness (QED) is 0.369. The van der Waals surface area contributed by atoms with Crippen LogP contribution in [0.5, 0.6) is 11.5 Å². The van der Waals surface area contributed by atoms with Crippen LogP contribution < -0.4 is 9.04 Å². The van der Waals surface area contributed by atoms with E-state index in [1.165, 1.54) is 24.3 Å². The number of para-hydroxylation sites is 3. The van der Waals surface area contributed by atoms with Crippen LogP contribution in [0.2, 0.25) is 0 Å². The molecule has 0 saturated carbocycles. The van der Waals surface area contributed by atoms with Gasteiger partial charge in [0, 0.05) is 18.7 Å². The second kappa shape index (κ2) is 8.79. The van der Waals surface area contributed by atoms with E-state index in [0.717, 1.165) is 22.5 Å². The van der Waals surface area contributed by atoms with Gasteiger partial charge in [0.25, 0.3) is 10.0 Å². The summed E-state index contributed by atoms with van der Waals surface area (Å²) in [7, 11) is -4.11. The summed E-state index contributed by atoms with van der Waals surface area (Å²) in [6, 6.07) is 16.9. The molecule has 0 aromatic heterocycles. The number of anilines is 1. The summed E-state index contributed by atoms with van der Waals surface area (Å²) in [6.07, 6.45) is 0. The van der Waals surface area contributed by atoms with E-state index in [0.29, 0.717) is 5.69 Å². The van der Waals surface area contributed by atoms with Crippen molar-refractivity contribution >= 4 is 27.1 Å². The highest BCUT2D eigenvalue weighted by Crippen LogP contribution is 2.37. The Hall–Kier alpha value is -3.99. The van der Waals surface area contributed by atoms with Gasteiger partial charge >= 0.3 is 11.4 Å². The minimum Gasteiger partial charge on any atom is -0.443 e. The molecular weight excluding hydrogens is 426 g/mol. The van der Waals surface area contributed by atoms with Gasteiger partial charge in [0.15, 0.2) is 0 Å². The summed E-state index contributed by atoms with van der Waals surface area (Å²) in [4.78, 5) is 21.0. The first-order chi connectivity index (χ1) is 14.8. The third-order valence-electron chi connectivity index (χ3n) is 4.33. The number of nitro groups is 2. The van der Waals surface area contributed by atoms with Crippen LogP contribution in [0.3, 0.4) is 0 Å². The van der Waals surface area contributed by atoms with E-state index in [2.05, 4.69) is 0 Å². The zero-order chi connectivity index (χ0) is 22.6. The number of nitrogens with zero attached hydrogens (tertiary/aromatic N) is 3. The average Bonchev–Trinajstić information content (AvgIpc) is 2.75. The SMILES string of the molecule is CCN(c1ccccc1)S(=O)(=O)c1ccc(Oc2ccccc2[N+](=O)[O-])c([N+](=O)[O-])c1. The van der Waals surface area contributed by atoms with E-state index in [1.807, 2.05) is 0 Å². The third-order valence-corrected chi connectivity index (χ3v) is 6.23. The van der Waals surface area contributed by atoms with Crippen LogP contribution in [-0.4, -0.2) is 24.8 Å². The number of benzene rings is 3. The van der Waals surface area contributed by atoms with Crippen LogP contribution in [0, 0.1) is 20.2 Å². The second-order valence-corrected chi connectivity index (χ2v) is 8.08. The highest BCUT2D eigenvalue weighted by Gasteiger charge is 2.28. The smallest absolute Gasteiger partial charge is 0.312 e. The molecule has 0 amide bonds. The van der Waals surface area contributed by atoms with Crippen molar-refractivity contribution in [3.05, 3.63) is 93.0 Å². The van der Waals surface area contributed by atoms with Crippen LogP contribution in [0.4, 0.5) is 17.1 Å². The van der Waals surface area contributed by atoms with Crippen LogP contribution in [0.1, 0.15) is 6.92 Å². The Bertz CT molecular complexity index is 1230. The summed E-state index contributed by atoms with van der Waals surface area (Å²) < 4.78 is 32.8.